The van der Waals surface area contributed by atoms with Crippen molar-refractivity contribution in [3.63, 3.8) is 0 Å². The Bertz CT molecular complexity index is 657. The van der Waals surface area contributed by atoms with Gasteiger partial charge >= 0.3 is 0 Å². The monoisotopic (exact) mass is 324 g/mol. The van der Waals surface area contributed by atoms with Gasteiger partial charge in [-0.2, -0.15) is 0 Å². The Labute approximate surface area is 132 Å². The molecular formula is C16H18F2N2OS. The van der Waals surface area contributed by atoms with Crippen LogP contribution >= 0.6 is 11.3 Å². The van der Waals surface area contributed by atoms with Crippen molar-refractivity contribution in [3.8, 4) is 0 Å². The maximum Gasteiger partial charge on any atom is 0.222 e. The third kappa shape index (κ3) is 4.10. The molecule has 0 fully saturated rings. The highest BCUT2D eigenvalue weighted by Crippen LogP contribution is 2.15. The lowest BCUT2D eigenvalue weighted by atomic mass is 10.1. The first-order chi connectivity index (χ1) is 10.5. The van der Waals surface area contributed by atoms with E-state index in [9.17, 15) is 13.6 Å². The van der Waals surface area contributed by atoms with Gasteiger partial charge in [0.2, 0.25) is 5.91 Å². The first kappa shape index (κ1) is 16.5. The van der Waals surface area contributed by atoms with Gasteiger partial charge < -0.3 is 4.90 Å². The van der Waals surface area contributed by atoms with Gasteiger partial charge in [-0.3, -0.25) is 4.79 Å². The molecule has 0 N–H and O–H groups in total. The number of thiazole rings is 1. The Kier molecular flexibility index (Phi) is 5.60. The number of hydrogen-bond donors (Lipinski definition) is 0. The summed E-state index contributed by atoms with van der Waals surface area (Å²) in [5.74, 6) is -1.87. The molecule has 0 spiro atoms. The summed E-state index contributed by atoms with van der Waals surface area (Å²) in [5.41, 5.74) is 1.08. The lowest BCUT2D eigenvalue weighted by Crippen LogP contribution is -2.26. The van der Waals surface area contributed by atoms with E-state index in [1.165, 1.54) is 12.1 Å². The van der Waals surface area contributed by atoms with Gasteiger partial charge in [0, 0.05) is 18.8 Å². The number of amides is 1. The number of benzene rings is 1. The maximum atomic E-state index is 13.5. The Balaban J connectivity index is 1.90. The fourth-order valence-corrected chi connectivity index (χ4v) is 2.83. The van der Waals surface area contributed by atoms with Crippen LogP contribution in [0.25, 0.3) is 0 Å². The summed E-state index contributed by atoms with van der Waals surface area (Å²) in [5, 5.41) is 2.98. The van der Waals surface area contributed by atoms with Gasteiger partial charge in [0.1, 0.15) is 0 Å². The van der Waals surface area contributed by atoms with E-state index in [-0.39, 0.29) is 24.3 Å². The smallest absolute Gasteiger partial charge is 0.222 e. The second-order valence-electron chi connectivity index (χ2n) is 5.05. The maximum absolute atomic E-state index is 13.5. The van der Waals surface area contributed by atoms with E-state index in [0.29, 0.717) is 6.54 Å². The van der Waals surface area contributed by atoms with E-state index in [0.717, 1.165) is 23.2 Å². The van der Waals surface area contributed by atoms with E-state index >= 15 is 0 Å². The fourth-order valence-electron chi connectivity index (χ4n) is 2.09. The van der Waals surface area contributed by atoms with Crippen molar-refractivity contribution in [3.05, 3.63) is 51.5 Å². The van der Waals surface area contributed by atoms with Crippen molar-refractivity contribution >= 4 is 17.2 Å². The Morgan fingerprint density at radius 3 is 2.82 bits per heavy atom. The van der Waals surface area contributed by atoms with E-state index < -0.39 is 11.6 Å². The summed E-state index contributed by atoms with van der Waals surface area (Å²) in [7, 11) is 1.69. The van der Waals surface area contributed by atoms with Crippen molar-refractivity contribution in [2.75, 3.05) is 7.05 Å². The summed E-state index contributed by atoms with van der Waals surface area (Å²) in [6.07, 6.45) is 1.20. The molecule has 0 unspecified atom stereocenters. The average Bonchev–Trinajstić information content (AvgIpc) is 2.96. The first-order valence-electron chi connectivity index (χ1n) is 7.11. The molecule has 118 valence electrons. The molecule has 0 aliphatic heterocycles. The first-order valence-corrected chi connectivity index (χ1v) is 7.99. The van der Waals surface area contributed by atoms with Gasteiger partial charge in [-0.05, 0) is 24.5 Å². The Morgan fingerprint density at radius 1 is 1.36 bits per heavy atom. The molecule has 2 rings (SSSR count). The molecule has 1 amide bonds. The third-order valence-corrected chi connectivity index (χ3v) is 4.41. The van der Waals surface area contributed by atoms with Crippen LogP contribution in [0.1, 0.15) is 29.6 Å². The van der Waals surface area contributed by atoms with Crippen LogP contribution in [0, 0.1) is 11.6 Å². The molecule has 0 saturated heterocycles. The molecule has 1 aromatic carbocycles. The molecule has 1 aromatic heterocycles. The molecule has 22 heavy (non-hydrogen) atoms. The number of nitrogens with zero attached hydrogens (tertiary/aromatic N) is 2. The van der Waals surface area contributed by atoms with E-state index in [2.05, 4.69) is 4.98 Å². The van der Waals surface area contributed by atoms with Crippen LogP contribution in [0.4, 0.5) is 8.78 Å². The molecule has 6 heteroatoms. The lowest BCUT2D eigenvalue weighted by Gasteiger charge is -2.16. The molecule has 0 saturated carbocycles. The Morgan fingerprint density at radius 2 is 2.14 bits per heavy atom. The van der Waals surface area contributed by atoms with Crippen LogP contribution in [0.5, 0.6) is 0 Å². The minimum Gasteiger partial charge on any atom is -0.340 e. The Hall–Kier alpha value is -1.82. The van der Waals surface area contributed by atoms with Crippen LogP contribution in [0.3, 0.4) is 0 Å². The molecule has 3 nitrogen and oxygen atoms in total. The molecule has 0 aliphatic carbocycles. The minimum absolute atomic E-state index is 0.116. The molecule has 1 heterocycles. The summed E-state index contributed by atoms with van der Waals surface area (Å²) in [4.78, 5) is 18.0. The fraction of sp³-hybridized carbons (Fsp3) is 0.375. The van der Waals surface area contributed by atoms with Crippen LogP contribution in [-0.2, 0) is 24.2 Å². The van der Waals surface area contributed by atoms with E-state index in [1.54, 1.807) is 23.3 Å². The van der Waals surface area contributed by atoms with Gasteiger partial charge in [-0.15, -0.1) is 11.3 Å². The van der Waals surface area contributed by atoms with Crippen LogP contribution in [0.15, 0.2) is 23.6 Å². The van der Waals surface area contributed by atoms with Gasteiger partial charge in [0.15, 0.2) is 11.6 Å². The molecule has 0 aliphatic rings. The van der Waals surface area contributed by atoms with Crippen LogP contribution < -0.4 is 0 Å². The number of rotatable bonds is 6. The average molecular weight is 324 g/mol. The number of carbonyl (C=O) groups excluding carboxylic acids is 1. The predicted molar refractivity (Wildman–Crippen MR) is 82.6 cm³/mol. The van der Waals surface area contributed by atoms with Crippen LogP contribution in [0.2, 0.25) is 0 Å². The molecule has 2 aromatic rings. The van der Waals surface area contributed by atoms with Gasteiger partial charge in [-0.1, -0.05) is 19.1 Å². The van der Waals surface area contributed by atoms with Gasteiger partial charge in [-0.25, -0.2) is 13.8 Å². The van der Waals surface area contributed by atoms with Gasteiger partial charge in [0.05, 0.1) is 17.2 Å². The number of hydrogen-bond acceptors (Lipinski definition) is 3. The highest BCUT2D eigenvalue weighted by molar-refractivity contribution is 7.09. The van der Waals surface area contributed by atoms with Crippen molar-refractivity contribution in [2.45, 2.75) is 32.7 Å². The summed E-state index contributed by atoms with van der Waals surface area (Å²) in [6.45, 7) is 2.46. The zero-order chi connectivity index (χ0) is 16.1. The van der Waals surface area contributed by atoms with Crippen molar-refractivity contribution in [2.24, 2.45) is 0 Å². The summed E-state index contributed by atoms with van der Waals surface area (Å²) >= 11 is 1.58. The number of carbonyl (C=O) groups is 1. The molecule has 0 bridgehead atoms. The van der Waals surface area contributed by atoms with E-state index in [4.69, 9.17) is 0 Å². The van der Waals surface area contributed by atoms with Gasteiger partial charge in [0.25, 0.3) is 0 Å². The third-order valence-electron chi connectivity index (χ3n) is 3.37. The minimum atomic E-state index is -0.882. The second-order valence-corrected chi connectivity index (χ2v) is 5.99. The SMILES string of the molecule is CCc1nc(CN(C)C(=O)CCc2cccc(F)c2F)cs1. The quantitative estimate of drug-likeness (QED) is 0.814. The topological polar surface area (TPSA) is 33.2 Å². The van der Waals surface area contributed by atoms with Crippen molar-refractivity contribution in [1.29, 1.82) is 0 Å². The lowest BCUT2D eigenvalue weighted by molar-refractivity contribution is -0.130. The number of aromatic nitrogens is 1. The normalized spacial score (nSPS) is 10.7. The highest BCUT2D eigenvalue weighted by Gasteiger charge is 2.14. The predicted octanol–water partition coefficient (Wildman–Crippen LogP) is 3.57. The van der Waals surface area contributed by atoms with Crippen molar-refractivity contribution in [1.82, 2.24) is 9.88 Å². The van der Waals surface area contributed by atoms with E-state index in [1.807, 2.05) is 12.3 Å². The molecular weight excluding hydrogens is 306 g/mol. The molecule has 0 radical (unpaired) electrons. The second kappa shape index (κ2) is 7.45. The largest absolute Gasteiger partial charge is 0.340 e. The summed E-state index contributed by atoms with van der Waals surface area (Å²) in [6, 6.07) is 4.02. The molecule has 0 atom stereocenters. The highest BCUT2D eigenvalue weighted by atomic mass is 32.1. The van der Waals surface area contributed by atoms with Crippen LogP contribution in [-0.4, -0.2) is 22.8 Å². The zero-order valence-electron chi connectivity index (χ0n) is 12.6. The van der Waals surface area contributed by atoms with Crippen molar-refractivity contribution < 1.29 is 13.6 Å². The number of aryl methyl sites for hydroxylation is 2. The zero-order valence-corrected chi connectivity index (χ0v) is 13.4. The summed E-state index contributed by atoms with van der Waals surface area (Å²) < 4.78 is 26.6. The number of halogens is 2. The standard InChI is InChI=1S/C16H18F2N2OS/c1-3-14-19-12(10-22-14)9-20(2)15(21)8-7-11-5-4-6-13(17)16(11)18/h4-6,10H,3,7-9H2,1-2H3.